The Bertz CT molecular complexity index is 664. The molecule has 3 rings (SSSR count). The third-order valence-electron chi connectivity index (χ3n) is 3.87. The minimum Gasteiger partial charge on any atom is -0.277 e. The Morgan fingerprint density at radius 3 is 1.18 bits per heavy atom. The molecular formula is C20H17NP+. The zero-order chi connectivity index (χ0) is 15.3. The minimum absolute atomic E-state index is 0.505. The van der Waals surface area contributed by atoms with Crippen LogP contribution in [0.5, 0.6) is 0 Å². The van der Waals surface area contributed by atoms with E-state index in [-0.39, 0.29) is 0 Å². The molecule has 22 heavy (non-hydrogen) atoms. The van der Waals surface area contributed by atoms with Crippen LogP contribution in [0.4, 0.5) is 0 Å². The van der Waals surface area contributed by atoms with Gasteiger partial charge in [0.15, 0.2) is 7.26 Å². The van der Waals surface area contributed by atoms with E-state index in [9.17, 15) is 0 Å². The van der Waals surface area contributed by atoms with Crippen LogP contribution in [-0.4, -0.2) is 6.29 Å². The summed E-state index contributed by atoms with van der Waals surface area (Å²) >= 11 is 0. The van der Waals surface area contributed by atoms with E-state index in [1.807, 2.05) is 18.2 Å². The lowest BCUT2D eigenvalue weighted by Gasteiger charge is -2.22. The summed E-state index contributed by atoms with van der Waals surface area (Å²) in [6, 6.07) is 31.5. The fraction of sp³-hybridized carbons (Fsp3) is 0.0500. The fourth-order valence-electron chi connectivity index (χ4n) is 2.85. The molecule has 0 spiro atoms. The van der Waals surface area contributed by atoms with Crippen LogP contribution in [0.1, 0.15) is 0 Å². The second-order valence-corrected chi connectivity index (χ2v) is 8.57. The van der Waals surface area contributed by atoms with Crippen LogP contribution >= 0.6 is 7.26 Å². The first kappa shape index (κ1) is 14.5. The maximum atomic E-state index is 7.56. The first-order valence-corrected chi connectivity index (χ1v) is 9.23. The Morgan fingerprint density at radius 2 is 0.909 bits per heavy atom. The summed E-state index contributed by atoms with van der Waals surface area (Å²) in [5.41, 5.74) is 0. The summed E-state index contributed by atoms with van der Waals surface area (Å²) in [7, 11) is -1.91. The van der Waals surface area contributed by atoms with Gasteiger partial charge in [0.05, 0.1) is 0 Å². The quantitative estimate of drug-likeness (QED) is 0.509. The Hall–Kier alpha value is -2.42. The van der Waals surface area contributed by atoms with Crippen molar-refractivity contribution in [2.24, 2.45) is 0 Å². The lowest BCUT2D eigenvalue weighted by atomic mass is 10.4. The molecule has 0 bridgehead atoms. The standard InChI is InChI=1S/C20H17NP/c1-21-17-22(18-11-5-2-6-12-18,19-13-7-3-8-14-19)20-15-9-4-10-16-20/h2-16H,17H2/q+1. The zero-order valence-corrected chi connectivity index (χ0v) is 13.2. The molecule has 2 heteroatoms. The van der Waals surface area contributed by atoms with Gasteiger partial charge in [0.25, 0.3) is 0 Å². The van der Waals surface area contributed by atoms with Crippen LogP contribution in [0.2, 0.25) is 0 Å². The Morgan fingerprint density at radius 1 is 0.591 bits per heavy atom. The third-order valence-corrected chi connectivity index (χ3v) is 7.98. The van der Waals surface area contributed by atoms with Crippen LogP contribution in [0, 0.1) is 6.57 Å². The van der Waals surface area contributed by atoms with Crippen LogP contribution in [0.25, 0.3) is 4.85 Å². The molecule has 0 heterocycles. The Balaban J connectivity index is 2.32. The van der Waals surface area contributed by atoms with Crippen LogP contribution in [0.3, 0.4) is 0 Å². The van der Waals surface area contributed by atoms with Crippen LogP contribution < -0.4 is 15.9 Å². The zero-order valence-electron chi connectivity index (χ0n) is 12.3. The second-order valence-electron chi connectivity index (χ2n) is 5.12. The second kappa shape index (κ2) is 6.56. The van der Waals surface area contributed by atoms with Gasteiger partial charge in [0.1, 0.15) is 15.9 Å². The number of hydrogen-bond donors (Lipinski definition) is 0. The van der Waals surface area contributed by atoms with Gasteiger partial charge >= 0.3 is 6.29 Å². The average Bonchev–Trinajstić information content (AvgIpc) is 2.62. The van der Waals surface area contributed by atoms with E-state index in [1.165, 1.54) is 15.9 Å². The fourth-order valence-corrected chi connectivity index (χ4v) is 6.49. The maximum Gasteiger partial charge on any atom is 0.323 e. The maximum absolute atomic E-state index is 7.56. The molecule has 0 aromatic heterocycles. The molecule has 0 fully saturated rings. The number of rotatable bonds is 4. The minimum atomic E-state index is -1.91. The molecule has 0 saturated carbocycles. The SMILES string of the molecule is [C-]#[N+]C[P+](c1ccccc1)(c1ccccc1)c1ccccc1. The molecule has 3 aromatic rings. The molecule has 0 atom stereocenters. The van der Waals surface area contributed by atoms with E-state index in [0.29, 0.717) is 6.29 Å². The lowest BCUT2D eigenvalue weighted by molar-refractivity contribution is 1.65. The molecule has 1 nitrogen and oxygen atoms in total. The molecule has 0 aliphatic carbocycles. The van der Waals surface area contributed by atoms with Crippen molar-refractivity contribution in [3.63, 3.8) is 0 Å². The predicted molar refractivity (Wildman–Crippen MR) is 96.6 cm³/mol. The van der Waals surface area contributed by atoms with E-state index in [1.54, 1.807) is 0 Å². The summed E-state index contributed by atoms with van der Waals surface area (Å²) in [6.07, 6.45) is 0.505. The van der Waals surface area contributed by atoms with Gasteiger partial charge in [-0.05, 0) is 36.4 Å². The topological polar surface area (TPSA) is 4.36 Å². The van der Waals surface area contributed by atoms with Gasteiger partial charge in [-0.1, -0.05) is 54.6 Å². The van der Waals surface area contributed by atoms with E-state index < -0.39 is 7.26 Å². The highest BCUT2D eigenvalue weighted by atomic mass is 31.2. The van der Waals surface area contributed by atoms with Gasteiger partial charge in [-0.25, -0.2) is 6.57 Å². The van der Waals surface area contributed by atoms with Crippen molar-refractivity contribution in [2.75, 3.05) is 6.29 Å². The van der Waals surface area contributed by atoms with Crippen molar-refractivity contribution in [1.29, 1.82) is 0 Å². The van der Waals surface area contributed by atoms with Crippen LogP contribution in [-0.2, 0) is 0 Å². The van der Waals surface area contributed by atoms with Crippen molar-refractivity contribution in [3.8, 4) is 0 Å². The lowest BCUT2D eigenvalue weighted by Crippen LogP contribution is -2.32. The summed E-state index contributed by atoms with van der Waals surface area (Å²) in [5, 5.41) is 3.80. The monoisotopic (exact) mass is 302 g/mol. The molecule has 0 N–H and O–H groups in total. The summed E-state index contributed by atoms with van der Waals surface area (Å²) in [4.78, 5) is 3.84. The van der Waals surface area contributed by atoms with Crippen LogP contribution in [0.15, 0.2) is 91.0 Å². The summed E-state index contributed by atoms with van der Waals surface area (Å²) < 4.78 is 0. The number of nitrogens with zero attached hydrogens (tertiary/aromatic N) is 1. The van der Waals surface area contributed by atoms with Gasteiger partial charge in [-0.3, -0.25) is 4.85 Å². The van der Waals surface area contributed by atoms with Gasteiger partial charge in [-0.15, -0.1) is 0 Å². The molecular weight excluding hydrogens is 285 g/mol. The van der Waals surface area contributed by atoms with Gasteiger partial charge in [0, 0.05) is 0 Å². The average molecular weight is 302 g/mol. The molecule has 0 aliphatic rings. The number of benzene rings is 3. The van der Waals surface area contributed by atoms with E-state index in [2.05, 4.69) is 77.6 Å². The van der Waals surface area contributed by atoms with Gasteiger partial charge < -0.3 is 0 Å². The number of hydrogen-bond acceptors (Lipinski definition) is 0. The van der Waals surface area contributed by atoms with Crippen molar-refractivity contribution in [3.05, 3.63) is 102 Å². The molecule has 0 aliphatic heterocycles. The molecule has 3 aromatic carbocycles. The highest BCUT2D eigenvalue weighted by molar-refractivity contribution is 7.95. The Kier molecular flexibility index (Phi) is 4.33. The van der Waals surface area contributed by atoms with E-state index in [0.717, 1.165) is 0 Å². The van der Waals surface area contributed by atoms with Crippen molar-refractivity contribution < 1.29 is 0 Å². The molecule has 0 radical (unpaired) electrons. The van der Waals surface area contributed by atoms with Gasteiger partial charge in [-0.2, -0.15) is 0 Å². The first-order valence-electron chi connectivity index (χ1n) is 7.26. The van der Waals surface area contributed by atoms with Crippen molar-refractivity contribution in [2.45, 2.75) is 0 Å². The smallest absolute Gasteiger partial charge is 0.277 e. The van der Waals surface area contributed by atoms with E-state index in [4.69, 9.17) is 6.57 Å². The van der Waals surface area contributed by atoms with E-state index >= 15 is 0 Å². The van der Waals surface area contributed by atoms with Gasteiger partial charge in [0.2, 0.25) is 0 Å². The predicted octanol–water partition coefficient (Wildman–Crippen LogP) is 3.86. The molecule has 0 saturated heterocycles. The van der Waals surface area contributed by atoms with Crippen molar-refractivity contribution >= 4 is 23.2 Å². The normalized spacial score (nSPS) is 10.9. The molecule has 0 amide bonds. The highest BCUT2D eigenvalue weighted by Crippen LogP contribution is 2.55. The summed E-state index contributed by atoms with van der Waals surface area (Å²) in [6.45, 7) is 7.56. The van der Waals surface area contributed by atoms with Crippen molar-refractivity contribution in [1.82, 2.24) is 0 Å². The third kappa shape index (κ3) is 2.54. The highest BCUT2D eigenvalue weighted by Gasteiger charge is 2.48. The molecule has 0 unspecified atom stereocenters. The molecule has 106 valence electrons. The Labute approximate surface area is 132 Å². The first-order chi connectivity index (χ1) is 10.9. The largest absolute Gasteiger partial charge is 0.323 e. The summed E-state index contributed by atoms with van der Waals surface area (Å²) in [5.74, 6) is 0.